The van der Waals surface area contributed by atoms with E-state index in [1.54, 1.807) is 0 Å². The zero-order valence-electron chi connectivity index (χ0n) is 16.0. The highest BCUT2D eigenvalue weighted by Crippen LogP contribution is 2.31. The first kappa shape index (κ1) is 21.8. The third kappa shape index (κ3) is 5.00. The Kier molecular flexibility index (Phi) is 6.66. The summed E-state index contributed by atoms with van der Waals surface area (Å²) in [5, 5.41) is 15.9. The number of halogens is 1. The van der Waals surface area contributed by atoms with Crippen LogP contribution in [0.3, 0.4) is 0 Å². The molecule has 1 atom stereocenters. The number of nitrogens with zero attached hydrogens (tertiary/aromatic N) is 3. The topological polar surface area (TPSA) is 148 Å². The van der Waals surface area contributed by atoms with Gasteiger partial charge in [0.1, 0.15) is 5.02 Å². The van der Waals surface area contributed by atoms with E-state index >= 15 is 0 Å². The molecule has 1 amide bonds. The molecule has 0 bridgehead atoms. The smallest absolute Gasteiger partial charge is 0.407 e. The first-order chi connectivity index (χ1) is 13.7. The Bertz CT molecular complexity index is 901. The molecule has 1 aliphatic heterocycles. The molecule has 1 saturated carbocycles. The van der Waals surface area contributed by atoms with Crippen molar-refractivity contribution in [2.24, 2.45) is 0 Å². The van der Waals surface area contributed by atoms with Gasteiger partial charge in [-0.3, -0.25) is 4.79 Å². The zero-order valence-corrected chi connectivity index (χ0v) is 17.5. The Morgan fingerprint density at radius 2 is 2.00 bits per heavy atom. The lowest BCUT2D eigenvalue weighted by molar-refractivity contribution is 0.0859. The summed E-state index contributed by atoms with van der Waals surface area (Å²) in [5.74, 6) is 0. The molecule has 13 heteroatoms. The van der Waals surface area contributed by atoms with Crippen LogP contribution in [-0.2, 0) is 10.2 Å². The van der Waals surface area contributed by atoms with Gasteiger partial charge >= 0.3 is 6.09 Å². The number of hydrogen-bond acceptors (Lipinski definition) is 6. The number of aromatic nitrogens is 2. The molecule has 11 nitrogen and oxygen atoms in total. The Labute approximate surface area is 173 Å². The maximum Gasteiger partial charge on any atom is 0.407 e. The van der Waals surface area contributed by atoms with Crippen LogP contribution >= 0.6 is 11.6 Å². The maximum absolute atomic E-state index is 12.0. The average molecular weight is 449 g/mol. The molecular formula is C16H25ClN6O5S. The van der Waals surface area contributed by atoms with Gasteiger partial charge in [0.05, 0.1) is 17.9 Å². The van der Waals surface area contributed by atoms with E-state index in [9.17, 15) is 23.1 Å². The van der Waals surface area contributed by atoms with E-state index in [-0.39, 0.29) is 23.1 Å². The van der Waals surface area contributed by atoms with Gasteiger partial charge in [-0.05, 0) is 32.1 Å². The van der Waals surface area contributed by atoms with E-state index < -0.39 is 21.9 Å². The van der Waals surface area contributed by atoms with Crippen molar-refractivity contribution in [2.75, 3.05) is 25.0 Å². The Morgan fingerprint density at radius 1 is 1.31 bits per heavy atom. The highest BCUT2D eigenvalue weighted by atomic mass is 35.5. The summed E-state index contributed by atoms with van der Waals surface area (Å²) in [7, 11) is -2.18. The lowest BCUT2D eigenvalue weighted by Crippen LogP contribution is -2.51. The Balaban J connectivity index is 1.65. The fourth-order valence-electron chi connectivity index (χ4n) is 4.14. The van der Waals surface area contributed by atoms with Crippen LogP contribution in [0.2, 0.25) is 5.02 Å². The van der Waals surface area contributed by atoms with Gasteiger partial charge < -0.3 is 14.9 Å². The summed E-state index contributed by atoms with van der Waals surface area (Å²) < 4.78 is 28.1. The number of hydrogen-bond donors (Lipinski definition) is 4. The molecular weight excluding hydrogens is 424 g/mol. The zero-order chi connectivity index (χ0) is 21.2. The molecule has 3 rings (SSSR count). The minimum atomic E-state index is -3.52. The van der Waals surface area contributed by atoms with Crippen LogP contribution in [0.25, 0.3) is 0 Å². The molecule has 162 valence electrons. The van der Waals surface area contributed by atoms with E-state index in [4.69, 9.17) is 11.6 Å². The maximum atomic E-state index is 12.0. The second-order valence-electron chi connectivity index (χ2n) is 7.31. The molecule has 4 N–H and O–H groups in total. The third-order valence-corrected chi connectivity index (χ3v) is 7.12. The van der Waals surface area contributed by atoms with Gasteiger partial charge in [0, 0.05) is 32.2 Å². The number of amides is 1. The van der Waals surface area contributed by atoms with Crippen molar-refractivity contribution < 1.29 is 18.3 Å². The molecule has 2 heterocycles. The van der Waals surface area contributed by atoms with Gasteiger partial charge in [-0.15, -0.1) is 0 Å². The number of aromatic amines is 1. The van der Waals surface area contributed by atoms with E-state index in [0.29, 0.717) is 50.9 Å². The van der Waals surface area contributed by atoms with Crippen molar-refractivity contribution in [3.63, 3.8) is 0 Å². The Morgan fingerprint density at radius 3 is 2.62 bits per heavy atom. The molecule has 2 aliphatic rings. The molecule has 29 heavy (non-hydrogen) atoms. The molecule has 1 unspecified atom stereocenters. The second kappa shape index (κ2) is 8.86. The summed E-state index contributed by atoms with van der Waals surface area (Å²) in [4.78, 5) is 27.0. The Hall–Kier alpha value is -1.89. The van der Waals surface area contributed by atoms with Crippen molar-refractivity contribution in [2.45, 2.75) is 50.2 Å². The van der Waals surface area contributed by atoms with Crippen molar-refractivity contribution in [3.05, 3.63) is 21.6 Å². The van der Waals surface area contributed by atoms with Crippen molar-refractivity contribution in [1.29, 1.82) is 0 Å². The fourth-order valence-corrected chi connectivity index (χ4v) is 5.15. The standard InChI is InChI=1S/C16H25ClN6O5S/c1-18-29(27,28)21-10-2-4-11(5-3-10)23(16(25)26)12-6-7-22(9-12)13-8-19-20-15(24)14(13)17/h8,10-12,18,21H,2-7,9H2,1H3,(H,20,24)(H,25,26). The summed E-state index contributed by atoms with van der Waals surface area (Å²) in [5.41, 5.74) is 0.0125. The largest absolute Gasteiger partial charge is 0.465 e. The lowest BCUT2D eigenvalue weighted by atomic mass is 9.90. The van der Waals surface area contributed by atoms with Gasteiger partial charge in [-0.25, -0.2) is 14.6 Å². The quantitative estimate of drug-likeness (QED) is 0.490. The highest BCUT2D eigenvalue weighted by Gasteiger charge is 2.38. The molecule has 1 saturated heterocycles. The van der Waals surface area contributed by atoms with Crippen molar-refractivity contribution in [3.8, 4) is 0 Å². The SMILES string of the molecule is CNS(=O)(=O)NC1CCC(N(C(=O)O)C2CCN(c3cn[nH]c(=O)c3Cl)C2)CC1. The molecule has 2 fully saturated rings. The third-order valence-electron chi connectivity index (χ3n) is 5.58. The van der Waals surface area contributed by atoms with E-state index in [2.05, 4.69) is 19.6 Å². The van der Waals surface area contributed by atoms with Crippen LogP contribution in [0.5, 0.6) is 0 Å². The van der Waals surface area contributed by atoms with Gasteiger partial charge in [-0.2, -0.15) is 18.2 Å². The second-order valence-corrected chi connectivity index (χ2v) is 9.34. The first-order valence-corrected chi connectivity index (χ1v) is 11.3. The van der Waals surface area contributed by atoms with Gasteiger partial charge in [0.25, 0.3) is 15.8 Å². The van der Waals surface area contributed by atoms with Crippen LogP contribution < -0.4 is 19.9 Å². The molecule has 1 aliphatic carbocycles. The van der Waals surface area contributed by atoms with Crippen molar-refractivity contribution in [1.82, 2.24) is 24.5 Å². The van der Waals surface area contributed by atoms with Gasteiger partial charge in [0.2, 0.25) is 0 Å². The van der Waals surface area contributed by atoms with Crippen LogP contribution in [-0.4, -0.2) is 73.0 Å². The molecule has 0 spiro atoms. The van der Waals surface area contributed by atoms with Crippen LogP contribution in [0.1, 0.15) is 32.1 Å². The molecule has 0 aromatic carbocycles. The number of carbonyl (C=O) groups is 1. The van der Waals surface area contributed by atoms with Gasteiger partial charge in [0.15, 0.2) is 0 Å². The minimum Gasteiger partial charge on any atom is -0.465 e. The summed E-state index contributed by atoms with van der Waals surface area (Å²) >= 11 is 6.08. The first-order valence-electron chi connectivity index (χ1n) is 9.42. The fraction of sp³-hybridized carbons (Fsp3) is 0.688. The summed E-state index contributed by atoms with van der Waals surface area (Å²) in [6, 6.07) is -0.626. The van der Waals surface area contributed by atoms with Gasteiger partial charge in [-0.1, -0.05) is 11.6 Å². The normalized spacial score (nSPS) is 25.2. The number of nitrogens with one attached hydrogen (secondary N) is 3. The highest BCUT2D eigenvalue weighted by molar-refractivity contribution is 7.87. The number of H-pyrrole nitrogens is 1. The van der Waals surface area contributed by atoms with Crippen LogP contribution in [0, 0.1) is 0 Å². The minimum absolute atomic E-state index is 0.0415. The number of carboxylic acid groups (broad SMARTS) is 1. The molecule has 1 aromatic heterocycles. The summed E-state index contributed by atoms with van der Waals surface area (Å²) in [6.07, 6.45) is 3.37. The molecule has 1 aromatic rings. The van der Waals surface area contributed by atoms with E-state index in [0.717, 1.165) is 0 Å². The summed E-state index contributed by atoms with van der Waals surface area (Å²) in [6.45, 7) is 0.986. The predicted molar refractivity (Wildman–Crippen MR) is 108 cm³/mol. The number of rotatable bonds is 6. The molecule has 0 radical (unpaired) electrons. The van der Waals surface area contributed by atoms with Crippen LogP contribution in [0.15, 0.2) is 11.0 Å². The van der Waals surface area contributed by atoms with E-state index in [1.807, 2.05) is 4.90 Å². The van der Waals surface area contributed by atoms with Crippen LogP contribution in [0.4, 0.5) is 10.5 Å². The average Bonchev–Trinajstić information content (AvgIpc) is 3.14. The predicted octanol–water partition coefficient (Wildman–Crippen LogP) is 0.347. The van der Waals surface area contributed by atoms with E-state index in [1.165, 1.54) is 18.1 Å². The lowest BCUT2D eigenvalue weighted by Gasteiger charge is -2.38. The monoisotopic (exact) mass is 448 g/mol. The van der Waals surface area contributed by atoms with Crippen molar-refractivity contribution >= 4 is 33.6 Å². The number of anilines is 1.